The topological polar surface area (TPSA) is 50.9 Å². The molecule has 0 aliphatic rings. The Morgan fingerprint density at radius 1 is 1.29 bits per heavy atom. The molecule has 3 rings (SSSR count). The van der Waals surface area contributed by atoms with Crippen molar-refractivity contribution < 1.29 is 5.11 Å². The van der Waals surface area contributed by atoms with Crippen LogP contribution in [0.1, 0.15) is 16.3 Å². The number of hydrogen-bond donors (Lipinski definition) is 1. The molecule has 0 fully saturated rings. The lowest BCUT2D eigenvalue weighted by Gasteiger charge is -2.08. The van der Waals surface area contributed by atoms with Crippen LogP contribution in [0, 0.1) is 0 Å². The van der Waals surface area contributed by atoms with Crippen LogP contribution in [-0.4, -0.2) is 26.4 Å². The molecule has 21 heavy (non-hydrogen) atoms. The molecule has 6 heteroatoms. The van der Waals surface area contributed by atoms with Crippen molar-refractivity contribution in [1.29, 1.82) is 0 Å². The first-order chi connectivity index (χ1) is 10.3. The van der Waals surface area contributed by atoms with Gasteiger partial charge in [-0.15, -0.1) is 28.2 Å². The number of thiophene rings is 1. The Labute approximate surface area is 131 Å². The number of nitrogens with zero attached hydrogens (tertiary/aromatic N) is 3. The normalized spacial score (nSPS) is 11.0. The highest BCUT2D eigenvalue weighted by molar-refractivity contribution is 7.98. The van der Waals surface area contributed by atoms with Crippen molar-refractivity contribution in [1.82, 2.24) is 15.0 Å². The van der Waals surface area contributed by atoms with Gasteiger partial charge in [0.05, 0.1) is 18.0 Å². The second kappa shape index (κ2) is 6.43. The summed E-state index contributed by atoms with van der Waals surface area (Å²) in [5.74, 6) is 0. The minimum absolute atomic E-state index is 0.0943. The van der Waals surface area contributed by atoms with Crippen molar-refractivity contribution in [2.75, 3.05) is 6.26 Å². The Bertz CT molecular complexity index is 722. The van der Waals surface area contributed by atoms with Gasteiger partial charge in [0.1, 0.15) is 5.69 Å². The number of benzene rings is 1. The smallest absolute Gasteiger partial charge is 0.112 e. The molecule has 0 saturated carbocycles. The molecular formula is C15H15N3OS2. The highest BCUT2D eigenvalue weighted by atomic mass is 32.2. The van der Waals surface area contributed by atoms with E-state index in [1.165, 1.54) is 9.77 Å². The molecule has 108 valence electrons. The predicted molar refractivity (Wildman–Crippen MR) is 86.2 cm³/mol. The number of aliphatic hydroxyl groups is 1. The van der Waals surface area contributed by atoms with Gasteiger partial charge >= 0.3 is 0 Å². The van der Waals surface area contributed by atoms with E-state index in [1.807, 2.05) is 29.1 Å². The largest absolute Gasteiger partial charge is 0.390 e. The molecule has 0 unspecified atom stereocenters. The second-order valence-electron chi connectivity index (χ2n) is 4.51. The van der Waals surface area contributed by atoms with Crippen molar-refractivity contribution in [2.45, 2.75) is 17.9 Å². The SMILES string of the molecule is CSc1cccc(-n2nnc(CO)c2Cc2cccs2)c1. The van der Waals surface area contributed by atoms with Gasteiger partial charge in [-0.1, -0.05) is 17.3 Å². The lowest BCUT2D eigenvalue weighted by molar-refractivity contribution is 0.275. The van der Waals surface area contributed by atoms with Crippen LogP contribution in [0.2, 0.25) is 0 Å². The molecule has 3 aromatic rings. The van der Waals surface area contributed by atoms with E-state index in [1.54, 1.807) is 23.1 Å². The summed E-state index contributed by atoms with van der Waals surface area (Å²) < 4.78 is 1.82. The molecule has 0 amide bonds. The van der Waals surface area contributed by atoms with Crippen molar-refractivity contribution >= 4 is 23.1 Å². The Morgan fingerprint density at radius 3 is 2.90 bits per heavy atom. The molecule has 0 radical (unpaired) electrons. The van der Waals surface area contributed by atoms with E-state index in [2.05, 4.69) is 33.9 Å². The third-order valence-corrected chi connectivity index (χ3v) is 4.81. The van der Waals surface area contributed by atoms with E-state index in [0.29, 0.717) is 5.69 Å². The van der Waals surface area contributed by atoms with Crippen molar-refractivity contribution in [3.8, 4) is 5.69 Å². The molecule has 0 saturated heterocycles. The first-order valence-corrected chi connectivity index (χ1v) is 8.63. The minimum atomic E-state index is -0.0943. The van der Waals surface area contributed by atoms with Crippen molar-refractivity contribution in [3.05, 3.63) is 58.0 Å². The zero-order chi connectivity index (χ0) is 14.7. The fourth-order valence-corrected chi connectivity index (χ4v) is 3.32. The molecule has 2 heterocycles. The van der Waals surface area contributed by atoms with Crippen LogP contribution in [0.25, 0.3) is 5.69 Å². The Kier molecular flexibility index (Phi) is 4.38. The summed E-state index contributed by atoms with van der Waals surface area (Å²) >= 11 is 3.39. The third-order valence-electron chi connectivity index (χ3n) is 3.21. The second-order valence-corrected chi connectivity index (χ2v) is 6.42. The number of aromatic nitrogens is 3. The maximum absolute atomic E-state index is 9.49. The fraction of sp³-hybridized carbons (Fsp3) is 0.200. The van der Waals surface area contributed by atoms with Gasteiger partial charge in [0.15, 0.2) is 0 Å². The summed E-state index contributed by atoms with van der Waals surface area (Å²) in [4.78, 5) is 2.41. The van der Waals surface area contributed by atoms with Gasteiger partial charge in [-0.25, -0.2) is 4.68 Å². The van der Waals surface area contributed by atoms with E-state index in [0.717, 1.165) is 17.8 Å². The highest BCUT2D eigenvalue weighted by Gasteiger charge is 2.15. The maximum Gasteiger partial charge on any atom is 0.112 e. The molecule has 1 N–H and O–H groups in total. The van der Waals surface area contributed by atoms with Crippen LogP contribution >= 0.6 is 23.1 Å². The van der Waals surface area contributed by atoms with Gasteiger partial charge in [0, 0.05) is 16.2 Å². The number of hydrogen-bond acceptors (Lipinski definition) is 5. The van der Waals surface area contributed by atoms with Crippen LogP contribution in [0.5, 0.6) is 0 Å². The standard InChI is InChI=1S/C15H15N3OS2/c1-20-12-5-2-4-11(8-12)18-15(14(10-19)16-17-18)9-13-6-3-7-21-13/h2-8,19H,9-10H2,1H3. The molecule has 0 atom stereocenters. The van der Waals surface area contributed by atoms with Gasteiger partial charge in [-0.2, -0.15) is 0 Å². The van der Waals surface area contributed by atoms with Gasteiger partial charge in [0.25, 0.3) is 0 Å². The number of rotatable bonds is 5. The molecule has 0 spiro atoms. The lowest BCUT2D eigenvalue weighted by Crippen LogP contribution is -2.04. The monoisotopic (exact) mass is 317 g/mol. The maximum atomic E-state index is 9.49. The lowest BCUT2D eigenvalue weighted by atomic mass is 10.2. The quantitative estimate of drug-likeness (QED) is 0.735. The van der Waals surface area contributed by atoms with Gasteiger partial charge in [-0.3, -0.25) is 0 Å². The summed E-state index contributed by atoms with van der Waals surface area (Å²) in [7, 11) is 0. The highest BCUT2D eigenvalue weighted by Crippen LogP contribution is 2.22. The number of thioether (sulfide) groups is 1. The van der Waals surface area contributed by atoms with Crippen LogP contribution in [0.15, 0.2) is 46.7 Å². The third kappa shape index (κ3) is 3.02. The fourth-order valence-electron chi connectivity index (χ4n) is 2.16. The summed E-state index contributed by atoms with van der Waals surface area (Å²) in [5, 5.41) is 19.9. The van der Waals surface area contributed by atoms with Gasteiger partial charge < -0.3 is 5.11 Å². The molecule has 2 aromatic heterocycles. The van der Waals surface area contributed by atoms with Crippen LogP contribution in [0.4, 0.5) is 0 Å². The van der Waals surface area contributed by atoms with Crippen molar-refractivity contribution in [3.63, 3.8) is 0 Å². The molecule has 0 bridgehead atoms. The minimum Gasteiger partial charge on any atom is -0.390 e. The van der Waals surface area contributed by atoms with Crippen LogP contribution in [-0.2, 0) is 13.0 Å². The molecule has 0 aliphatic heterocycles. The first-order valence-electron chi connectivity index (χ1n) is 6.53. The summed E-state index contributed by atoms with van der Waals surface area (Å²) in [6.07, 6.45) is 2.77. The molecule has 4 nitrogen and oxygen atoms in total. The van der Waals surface area contributed by atoms with E-state index in [4.69, 9.17) is 0 Å². The zero-order valence-electron chi connectivity index (χ0n) is 11.6. The van der Waals surface area contributed by atoms with E-state index in [9.17, 15) is 5.11 Å². The van der Waals surface area contributed by atoms with E-state index >= 15 is 0 Å². The van der Waals surface area contributed by atoms with Gasteiger partial charge in [-0.05, 0) is 35.9 Å². The summed E-state index contributed by atoms with van der Waals surface area (Å²) in [6.45, 7) is -0.0943. The molecule has 1 aromatic carbocycles. The Morgan fingerprint density at radius 2 is 2.19 bits per heavy atom. The van der Waals surface area contributed by atoms with Crippen LogP contribution in [0.3, 0.4) is 0 Å². The molecule has 0 aliphatic carbocycles. The van der Waals surface area contributed by atoms with E-state index in [-0.39, 0.29) is 6.61 Å². The first kappa shape index (κ1) is 14.3. The van der Waals surface area contributed by atoms with Gasteiger partial charge in [0.2, 0.25) is 0 Å². The molecular weight excluding hydrogens is 302 g/mol. The van der Waals surface area contributed by atoms with Crippen LogP contribution < -0.4 is 0 Å². The average Bonchev–Trinajstić information content (AvgIpc) is 3.17. The average molecular weight is 317 g/mol. The zero-order valence-corrected chi connectivity index (χ0v) is 13.2. The van der Waals surface area contributed by atoms with Crippen molar-refractivity contribution in [2.24, 2.45) is 0 Å². The Hall–Kier alpha value is -1.63. The van der Waals surface area contributed by atoms with E-state index < -0.39 is 0 Å². The summed E-state index contributed by atoms with van der Waals surface area (Å²) in [5.41, 5.74) is 2.55. The summed E-state index contributed by atoms with van der Waals surface area (Å²) in [6, 6.07) is 12.3. The Balaban J connectivity index is 2.03. The predicted octanol–water partition coefficient (Wildman–Crippen LogP) is 3.13. The number of aliphatic hydroxyl groups excluding tert-OH is 1.